The van der Waals surface area contributed by atoms with E-state index in [0.717, 1.165) is 22.3 Å². The third-order valence-electron chi connectivity index (χ3n) is 5.21. The van der Waals surface area contributed by atoms with Crippen molar-refractivity contribution in [2.24, 2.45) is 0 Å². The Morgan fingerprint density at radius 1 is 1.00 bits per heavy atom. The van der Waals surface area contributed by atoms with Gasteiger partial charge in [0.2, 0.25) is 0 Å². The number of benzene rings is 2. The number of carbonyl (C=O) groups is 2. The zero-order valence-electron chi connectivity index (χ0n) is 20.5. The molecule has 36 heavy (non-hydrogen) atoms. The first kappa shape index (κ1) is 28.0. The summed E-state index contributed by atoms with van der Waals surface area (Å²) in [5, 5.41) is 14.7. The van der Waals surface area contributed by atoms with Crippen molar-refractivity contribution in [1.29, 1.82) is 0 Å². The zero-order chi connectivity index (χ0) is 26.4. The summed E-state index contributed by atoms with van der Waals surface area (Å²) in [5.74, 6) is -0.774. The molecule has 0 saturated heterocycles. The van der Waals surface area contributed by atoms with E-state index in [9.17, 15) is 14.7 Å². The standard InChI is InChI=1S/C27H29Cl2NO5S/c1-15(2)34-19-6-8-22(23(28)13-19)26(31)30-14-18-11-17(12-24(27(32)33)35-16(3)4)5-7-20(18)21-9-10-36-25(21)29/h5-11,13,15-16,24H,12,14H2,1-4H3,(H,30,31)(H,32,33). The molecule has 1 amide bonds. The number of carboxylic acid groups (broad SMARTS) is 1. The van der Waals surface area contributed by atoms with Gasteiger partial charge in [-0.1, -0.05) is 41.4 Å². The van der Waals surface area contributed by atoms with Crippen molar-refractivity contribution in [1.82, 2.24) is 5.32 Å². The summed E-state index contributed by atoms with van der Waals surface area (Å²) in [6.07, 6.45) is -1.03. The van der Waals surface area contributed by atoms with Crippen LogP contribution in [0.5, 0.6) is 5.75 Å². The molecule has 2 aromatic carbocycles. The minimum absolute atomic E-state index is 0.0120. The quantitative estimate of drug-likeness (QED) is 0.273. The monoisotopic (exact) mass is 549 g/mol. The van der Waals surface area contributed by atoms with Gasteiger partial charge in [-0.25, -0.2) is 4.79 Å². The van der Waals surface area contributed by atoms with E-state index >= 15 is 0 Å². The van der Waals surface area contributed by atoms with E-state index in [1.807, 2.05) is 43.5 Å². The second-order valence-electron chi connectivity index (χ2n) is 8.81. The summed E-state index contributed by atoms with van der Waals surface area (Å²) < 4.78 is 11.8. The van der Waals surface area contributed by atoms with Gasteiger partial charge in [0.15, 0.2) is 6.10 Å². The average molecular weight is 551 g/mol. The molecule has 6 nitrogen and oxygen atoms in total. The lowest BCUT2D eigenvalue weighted by molar-refractivity contribution is -0.153. The number of rotatable bonds is 11. The number of hydrogen-bond acceptors (Lipinski definition) is 5. The molecule has 1 atom stereocenters. The van der Waals surface area contributed by atoms with Gasteiger partial charge in [-0.05, 0) is 74.0 Å². The summed E-state index contributed by atoms with van der Waals surface area (Å²) in [5.41, 5.74) is 3.60. The zero-order valence-corrected chi connectivity index (χ0v) is 22.8. The Balaban J connectivity index is 1.86. The topological polar surface area (TPSA) is 84.9 Å². The molecule has 0 fully saturated rings. The van der Waals surface area contributed by atoms with Crippen LogP contribution in [0.1, 0.15) is 49.2 Å². The largest absolute Gasteiger partial charge is 0.491 e. The number of ether oxygens (including phenoxy) is 2. The van der Waals surface area contributed by atoms with Gasteiger partial charge in [-0.15, -0.1) is 11.3 Å². The van der Waals surface area contributed by atoms with Crippen molar-refractivity contribution < 1.29 is 24.2 Å². The Morgan fingerprint density at radius 3 is 2.33 bits per heavy atom. The molecule has 1 unspecified atom stereocenters. The SMILES string of the molecule is CC(C)Oc1ccc(C(=O)NCc2cc(CC(OC(C)C)C(=O)O)ccc2-c2ccsc2Cl)c(Cl)c1. The fourth-order valence-corrected chi connectivity index (χ4v) is 4.91. The lowest BCUT2D eigenvalue weighted by atomic mass is 9.96. The predicted molar refractivity (Wildman–Crippen MR) is 144 cm³/mol. The third-order valence-corrected chi connectivity index (χ3v) is 6.69. The number of thiophene rings is 1. The Bertz CT molecular complexity index is 1220. The highest BCUT2D eigenvalue weighted by Crippen LogP contribution is 2.35. The number of halogens is 2. The van der Waals surface area contributed by atoms with E-state index < -0.39 is 12.1 Å². The highest BCUT2D eigenvalue weighted by atomic mass is 35.5. The maximum atomic E-state index is 13.0. The molecule has 2 N–H and O–H groups in total. The first-order valence-corrected chi connectivity index (χ1v) is 13.2. The Labute approximate surface area is 225 Å². The van der Waals surface area contributed by atoms with E-state index in [1.54, 1.807) is 32.0 Å². The van der Waals surface area contributed by atoms with Gasteiger partial charge in [0, 0.05) is 18.5 Å². The van der Waals surface area contributed by atoms with Crippen molar-refractivity contribution in [3.05, 3.63) is 73.9 Å². The van der Waals surface area contributed by atoms with Crippen LogP contribution in [0.15, 0.2) is 47.8 Å². The van der Waals surface area contributed by atoms with Gasteiger partial charge in [-0.2, -0.15) is 0 Å². The molecule has 0 spiro atoms. The lowest BCUT2D eigenvalue weighted by Gasteiger charge is -2.18. The van der Waals surface area contributed by atoms with E-state index in [4.69, 9.17) is 32.7 Å². The predicted octanol–water partition coefficient (Wildman–Crippen LogP) is 6.86. The fraction of sp³-hybridized carbons (Fsp3) is 0.333. The fourth-order valence-electron chi connectivity index (χ4n) is 3.70. The molecule has 0 aliphatic carbocycles. The molecular weight excluding hydrogens is 521 g/mol. The van der Waals surface area contributed by atoms with Crippen LogP contribution in [0.25, 0.3) is 11.1 Å². The number of nitrogens with one attached hydrogen (secondary N) is 1. The number of hydrogen-bond donors (Lipinski definition) is 2. The van der Waals surface area contributed by atoms with Crippen LogP contribution < -0.4 is 10.1 Å². The molecule has 1 aromatic heterocycles. The van der Waals surface area contributed by atoms with Gasteiger partial charge in [0.05, 0.1) is 22.8 Å². The van der Waals surface area contributed by atoms with Crippen molar-refractivity contribution in [2.75, 3.05) is 0 Å². The average Bonchev–Trinajstić information content (AvgIpc) is 3.22. The van der Waals surface area contributed by atoms with Gasteiger partial charge >= 0.3 is 5.97 Å². The van der Waals surface area contributed by atoms with Crippen LogP contribution in [0.3, 0.4) is 0 Å². The Kier molecular flexibility index (Phi) is 9.79. The van der Waals surface area contributed by atoms with Gasteiger partial charge in [0.25, 0.3) is 5.91 Å². The van der Waals surface area contributed by atoms with Crippen LogP contribution in [0.2, 0.25) is 9.36 Å². The molecule has 0 radical (unpaired) electrons. The van der Waals surface area contributed by atoms with Crippen LogP contribution in [-0.4, -0.2) is 35.3 Å². The van der Waals surface area contributed by atoms with Crippen molar-refractivity contribution in [3.8, 4) is 16.9 Å². The lowest BCUT2D eigenvalue weighted by Crippen LogP contribution is -2.29. The molecule has 3 aromatic rings. The number of carboxylic acids is 1. The maximum Gasteiger partial charge on any atom is 0.333 e. The van der Waals surface area contributed by atoms with Crippen molar-refractivity contribution >= 4 is 46.4 Å². The van der Waals surface area contributed by atoms with Gasteiger partial charge in [0.1, 0.15) is 10.1 Å². The Hall–Kier alpha value is -2.58. The summed E-state index contributed by atoms with van der Waals surface area (Å²) in [7, 11) is 0. The first-order valence-electron chi connectivity index (χ1n) is 11.5. The maximum absolute atomic E-state index is 13.0. The summed E-state index contributed by atoms with van der Waals surface area (Å²) in [6, 6.07) is 12.5. The van der Waals surface area contributed by atoms with Crippen LogP contribution >= 0.6 is 34.5 Å². The molecular formula is C27H29Cl2NO5S. The van der Waals surface area contributed by atoms with E-state index in [0.29, 0.717) is 15.6 Å². The summed E-state index contributed by atoms with van der Waals surface area (Å²) in [6.45, 7) is 7.61. The molecule has 3 rings (SSSR count). The normalized spacial score (nSPS) is 12.1. The Morgan fingerprint density at radius 2 is 1.75 bits per heavy atom. The smallest absolute Gasteiger partial charge is 0.333 e. The third kappa shape index (κ3) is 7.46. The van der Waals surface area contributed by atoms with E-state index in [-0.39, 0.29) is 36.1 Å². The number of aliphatic carboxylic acids is 1. The molecule has 192 valence electrons. The molecule has 0 aliphatic heterocycles. The van der Waals surface area contributed by atoms with Crippen molar-refractivity contribution in [3.63, 3.8) is 0 Å². The summed E-state index contributed by atoms with van der Waals surface area (Å²) in [4.78, 5) is 24.6. The highest BCUT2D eigenvalue weighted by molar-refractivity contribution is 7.15. The van der Waals surface area contributed by atoms with Crippen LogP contribution in [-0.2, 0) is 22.5 Å². The van der Waals surface area contributed by atoms with Crippen molar-refractivity contribution in [2.45, 2.75) is 59.0 Å². The number of carbonyl (C=O) groups excluding carboxylic acids is 1. The summed E-state index contributed by atoms with van der Waals surface area (Å²) >= 11 is 14.2. The second kappa shape index (κ2) is 12.6. The molecule has 0 bridgehead atoms. The molecule has 1 heterocycles. The minimum Gasteiger partial charge on any atom is -0.491 e. The van der Waals surface area contributed by atoms with Crippen LogP contribution in [0.4, 0.5) is 0 Å². The molecule has 0 saturated carbocycles. The van der Waals surface area contributed by atoms with E-state index in [1.165, 1.54) is 11.3 Å². The first-order chi connectivity index (χ1) is 17.0. The van der Waals surface area contributed by atoms with Gasteiger partial charge in [-0.3, -0.25) is 4.79 Å². The van der Waals surface area contributed by atoms with E-state index in [2.05, 4.69) is 5.32 Å². The van der Waals surface area contributed by atoms with Gasteiger partial charge < -0.3 is 19.9 Å². The second-order valence-corrected chi connectivity index (χ2v) is 10.7. The highest BCUT2D eigenvalue weighted by Gasteiger charge is 2.21. The molecule has 9 heteroatoms. The molecule has 0 aliphatic rings. The number of amides is 1. The van der Waals surface area contributed by atoms with Crippen LogP contribution in [0, 0.1) is 0 Å². The minimum atomic E-state index is -1.02.